The first kappa shape index (κ1) is 19.2. The average Bonchev–Trinajstić information content (AvgIpc) is 2.86. The van der Waals surface area contributed by atoms with Crippen LogP contribution in [-0.2, 0) is 13.5 Å². The largest absolute Gasteiger partial charge is 0.486 e. The van der Waals surface area contributed by atoms with Gasteiger partial charge in [0.25, 0.3) is 0 Å². The first-order valence-electron chi connectivity index (χ1n) is 9.29. The zero-order valence-electron chi connectivity index (χ0n) is 15.7. The number of benzene rings is 1. The molecule has 0 unspecified atom stereocenters. The van der Waals surface area contributed by atoms with Gasteiger partial charge < -0.3 is 15.2 Å². The molecule has 6 heteroatoms. The number of nitrogens with one attached hydrogen (secondary N) is 1. The van der Waals surface area contributed by atoms with Crippen LogP contribution in [0.3, 0.4) is 0 Å². The Morgan fingerprint density at radius 1 is 1.31 bits per heavy atom. The van der Waals surface area contributed by atoms with E-state index in [2.05, 4.69) is 17.3 Å². The van der Waals surface area contributed by atoms with Crippen LogP contribution in [-0.4, -0.2) is 39.7 Å². The number of aryl methyl sites for hydroxylation is 2. The van der Waals surface area contributed by atoms with Crippen molar-refractivity contribution in [1.82, 2.24) is 15.1 Å². The van der Waals surface area contributed by atoms with Gasteiger partial charge in [-0.25, -0.2) is 0 Å². The summed E-state index contributed by atoms with van der Waals surface area (Å²) in [7, 11) is 1.97. The van der Waals surface area contributed by atoms with Gasteiger partial charge >= 0.3 is 0 Å². The van der Waals surface area contributed by atoms with E-state index in [9.17, 15) is 5.11 Å². The van der Waals surface area contributed by atoms with E-state index in [1.54, 1.807) is 6.07 Å². The molecule has 0 bridgehead atoms. The van der Waals surface area contributed by atoms with Crippen molar-refractivity contribution in [3.05, 3.63) is 46.2 Å². The lowest BCUT2D eigenvalue weighted by atomic mass is 9.89. The van der Waals surface area contributed by atoms with Crippen LogP contribution in [0.4, 0.5) is 0 Å². The fourth-order valence-electron chi connectivity index (χ4n) is 3.76. The number of aliphatic hydroxyl groups excluding tert-OH is 1. The lowest BCUT2D eigenvalue weighted by Gasteiger charge is -2.35. The van der Waals surface area contributed by atoms with Crippen LogP contribution in [0.1, 0.15) is 36.2 Å². The number of nitrogens with zero attached hydrogens (tertiary/aromatic N) is 2. The Morgan fingerprint density at radius 3 is 2.77 bits per heavy atom. The predicted octanol–water partition coefficient (Wildman–Crippen LogP) is 3.18. The molecule has 3 rings (SSSR count). The molecule has 1 aromatic heterocycles. The van der Waals surface area contributed by atoms with Crippen molar-refractivity contribution >= 4 is 11.6 Å². The Labute approximate surface area is 160 Å². The average molecular weight is 378 g/mol. The fraction of sp³-hybridized carbons (Fsp3) is 0.550. The van der Waals surface area contributed by atoms with Crippen molar-refractivity contribution in [2.75, 3.05) is 6.54 Å². The second-order valence-corrected chi connectivity index (χ2v) is 7.50. The van der Waals surface area contributed by atoms with Crippen LogP contribution in [0.25, 0.3) is 0 Å². The Kier molecular flexibility index (Phi) is 6.22. The van der Waals surface area contributed by atoms with Gasteiger partial charge in [-0.3, -0.25) is 4.68 Å². The number of aromatic nitrogens is 2. The molecule has 3 atom stereocenters. The van der Waals surface area contributed by atoms with E-state index in [1.807, 2.05) is 36.9 Å². The van der Waals surface area contributed by atoms with Crippen LogP contribution < -0.4 is 10.1 Å². The maximum Gasteiger partial charge on any atom is 0.138 e. The molecule has 0 amide bonds. The van der Waals surface area contributed by atoms with E-state index in [0.29, 0.717) is 10.8 Å². The molecule has 1 aliphatic carbocycles. The summed E-state index contributed by atoms with van der Waals surface area (Å²) in [5, 5.41) is 19.3. The molecule has 142 valence electrons. The monoisotopic (exact) mass is 377 g/mol. The molecule has 2 aromatic rings. The van der Waals surface area contributed by atoms with Gasteiger partial charge in [-0.2, -0.15) is 5.10 Å². The van der Waals surface area contributed by atoms with Gasteiger partial charge in [0.15, 0.2) is 0 Å². The minimum absolute atomic E-state index is 0.0357. The zero-order valence-corrected chi connectivity index (χ0v) is 16.5. The number of aliphatic hydroxyl groups is 1. The Balaban J connectivity index is 1.56. The van der Waals surface area contributed by atoms with Gasteiger partial charge in [0.05, 0.1) is 10.7 Å². The molecule has 1 saturated carbocycles. The molecule has 5 nitrogen and oxygen atoms in total. The van der Waals surface area contributed by atoms with Crippen molar-refractivity contribution in [2.24, 2.45) is 7.05 Å². The van der Waals surface area contributed by atoms with Crippen molar-refractivity contribution < 1.29 is 9.84 Å². The normalized spacial score (nSPS) is 23.2. The third-order valence-corrected chi connectivity index (χ3v) is 5.66. The molecule has 1 fully saturated rings. The summed E-state index contributed by atoms with van der Waals surface area (Å²) < 4.78 is 7.92. The number of hydrogen-bond donors (Lipinski definition) is 2. The minimum Gasteiger partial charge on any atom is -0.486 e. The summed E-state index contributed by atoms with van der Waals surface area (Å²) >= 11 is 6.18. The lowest BCUT2D eigenvalue weighted by Crippen LogP contribution is -2.51. The first-order chi connectivity index (χ1) is 12.5. The molecule has 26 heavy (non-hydrogen) atoms. The Bertz CT molecular complexity index is 747. The highest BCUT2D eigenvalue weighted by Gasteiger charge is 2.33. The van der Waals surface area contributed by atoms with Gasteiger partial charge in [-0.05, 0) is 63.8 Å². The smallest absolute Gasteiger partial charge is 0.138 e. The molecule has 0 aliphatic heterocycles. The number of hydrogen-bond acceptors (Lipinski definition) is 4. The highest BCUT2D eigenvalue weighted by atomic mass is 35.5. The summed E-state index contributed by atoms with van der Waals surface area (Å²) in [5.74, 6) is 0.639. The van der Waals surface area contributed by atoms with E-state index in [4.69, 9.17) is 16.3 Å². The number of rotatable bonds is 6. The summed E-state index contributed by atoms with van der Waals surface area (Å²) in [6.45, 7) is 4.96. The summed E-state index contributed by atoms with van der Waals surface area (Å²) in [4.78, 5) is 0. The first-order valence-corrected chi connectivity index (χ1v) is 9.67. The fourth-order valence-corrected chi connectivity index (χ4v) is 3.94. The van der Waals surface area contributed by atoms with E-state index in [1.165, 1.54) is 11.3 Å². The van der Waals surface area contributed by atoms with Crippen LogP contribution in [0.5, 0.6) is 5.75 Å². The summed E-state index contributed by atoms with van der Waals surface area (Å²) in [5.41, 5.74) is 3.57. The maximum atomic E-state index is 10.7. The summed E-state index contributed by atoms with van der Waals surface area (Å²) in [6, 6.07) is 7.46. The Hall–Kier alpha value is -1.56. The molecule has 1 aliphatic rings. The van der Waals surface area contributed by atoms with Gasteiger partial charge in [-0.15, -0.1) is 0 Å². The van der Waals surface area contributed by atoms with Crippen molar-refractivity contribution in [3.8, 4) is 5.75 Å². The third-order valence-electron chi connectivity index (χ3n) is 5.35. The minimum atomic E-state index is -0.545. The maximum absolute atomic E-state index is 10.7. The predicted molar refractivity (Wildman–Crippen MR) is 104 cm³/mol. The number of para-hydroxylation sites is 1. The van der Waals surface area contributed by atoms with Crippen LogP contribution in [0.15, 0.2) is 24.3 Å². The van der Waals surface area contributed by atoms with Gasteiger partial charge in [-0.1, -0.05) is 23.7 Å². The third kappa shape index (κ3) is 4.22. The molecular weight excluding hydrogens is 350 g/mol. The van der Waals surface area contributed by atoms with Crippen LogP contribution in [0, 0.1) is 13.8 Å². The van der Waals surface area contributed by atoms with Crippen LogP contribution in [0.2, 0.25) is 5.02 Å². The molecule has 0 radical (unpaired) electrons. The molecule has 0 saturated heterocycles. The molecule has 1 aromatic carbocycles. The molecule has 1 heterocycles. The highest BCUT2D eigenvalue weighted by molar-refractivity contribution is 6.32. The van der Waals surface area contributed by atoms with Gasteiger partial charge in [0.2, 0.25) is 0 Å². The van der Waals surface area contributed by atoms with Gasteiger partial charge in [0.1, 0.15) is 18.0 Å². The number of halogens is 1. The van der Waals surface area contributed by atoms with Crippen LogP contribution >= 0.6 is 11.6 Å². The van der Waals surface area contributed by atoms with E-state index < -0.39 is 6.10 Å². The van der Waals surface area contributed by atoms with Gasteiger partial charge in [0, 0.05) is 18.8 Å². The molecule has 0 spiro atoms. The summed E-state index contributed by atoms with van der Waals surface area (Å²) in [6.07, 6.45) is 2.94. The number of ether oxygens (including phenoxy) is 1. The Morgan fingerprint density at radius 2 is 2.08 bits per heavy atom. The quantitative estimate of drug-likeness (QED) is 0.811. The topological polar surface area (TPSA) is 59.3 Å². The van der Waals surface area contributed by atoms with Crippen molar-refractivity contribution in [3.63, 3.8) is 0 Å². The SMILES string of the molecule is Cc1nn(C)c(C)c1CCN[C@H]1CCC[C@@H](Oc2ccccc2Cl)[C@@H]1O. The molecule has 2 N–H and O–H groups in total. The van der Waals surface area contributed by atoms with E-state index in [0.717, 1.165) is 37.9 Å². The van der Waals surface area contributed by atoms with E-state index in [-0.39, 0.29) is 12.1 Å². The van der Waals surface area contributed by atoms with Crippen molar-refractivity contribution in [2.45, 2.75) is 57.8 Å². The standard InChI is InChI=1S/C20H28ClN3O2/c1-13-15(14(2)24(3)23-13)11-12-22-17-8-6-10-19(20(17)25)26-18-9-5-4-7-16(18)21/h4-5,7,9,17,19-20,22,25H,6,8,10-12H2,1-3H3/t17-,19+,20+/m0/s1. The second kappa shape index (κ2) is 8.42. The second-order valence-electron chi connectivity index (χ2n) is 7.09. The highest BCUT2D eigenvalue weighted by Crippen LogP contribution is 2.29. The zero-order chi connectivity index (χ0) is 18.7. The van der Waals surface area contributed by atoms with Crippen molar-refractivity contribution in [1.29, 1.82) is 0 Å². The van der Waals surface area contributed by atoms with E-state index >= 15 is 0 Å². The molecular formula is C20H28ClN3O2. The lowest BCUT2D eigenvalue weighted by molar-refractivity contribution is -0.0150.